The first-order chi connectivity index (χ1) is 7.24. The number of rotatable bonds is 5. The van der Waals surface area contributed by atoms with E-state index in [1.54, 1.807) is 0 Å². The molecule has 0 aromatic rings. The number of esters is 1. The van der Waals surface area contributed by atoms with Crippen molar-refractivity contribution in [3.05, 3.63) is 0 Å². The minimum absolute atomic E-state index is 0.163. The molecule has 2 N–H and O–H groups in total. The van der Waals surface area contributed by atoms with Crippen LogP contribution in [0.25, 0.3) is 0 Å². The highest BCUT2D eigenvalue weighted by Gasteiger charge is 2.22. The summed E-state index contributed by atoms with van der Waals surface area (Å²) in [4.78, 5) is 10.8. The molecule has 1 rings (SSSR count). The van der Waals surface area contributed by atoms with Gasteiger partial charge in [-0.15, -0.1) is 0 Å². The van der Waals surface area contributed by atoms with Gasteiger partial charge in [-0.25, -0.2) is 0 Å². The minimum atomic E-state index is -0.188. The summed E-state index contributed by atoms with van der Waals surface area (Å²) in [5, 5.41) is 12.9. The third kappa shape index (κ3) is 4.62. The van der Waals surface area contributed by atoms with Crippen molar-refractivity contribution in [3.8, 4) is 0 Å². The van der Waals surface area contributed by atoms with Crippen LogP contribution in [0.15, 0.2) is 0 Å². The summed E-state index contributed by atoms with van der Waals surface area (Å²) in [5.74, 6) is 0.170. The van der Waals surface area contributed by atoms with Gasteiger partial charge in [0.15, 0.2) is 0 Å². The maximum atomic E-state index is 10.8. The molecule has 4 nitrogen and oxygen atoms in total. The van der Waals surface area contributed by atoms with Crippen molar-refractivity contribution in [1.29, 1.82) is 0 Å². The number of carbonyl (C=O) groups is 1. The van der Waals surface area contributed by atoms with Gasteiger partial charge in [0.1, 0.15) is 0 Å². The van der Waals surface area contributed by atoms with Crippen molar-refractivity contribution in [3.63, 3.8) is 0 Å². The Hall–Kier alpha value is -0.610. The van der Waals surface area contributed by atoms with Gasteiger partial charge in [0, 0.05) is 13.1 Å². The van der Waals surface area contributed by atoms with Gasteiger partial charge in [0.25, 0.3) is 0 Å². The molecule has 1 saturated carbocycles. The molecule has 0 aromatic heterocycles. The van der Waals surface area contributed by atoms with Crippen LogP contribution in [0.2, 0.25) is 0 Å². The van der Waals surface area contributed by atoms with Gasteiger partial charge in [-0.05, 0) is 18.8 Å². The van der Waals surface area contributed by atoms with Gasteiger partial charge in [-0.3, -0.25) is 4.79 Å². The topological polar surface area (TPSA) is 58.6 Å². The summed E-state index contributed by atoms with van der Waals surface area (Å²) in [6, 6.07) is 0. The van der Waals surface area contributed by atoms with Crippen molar-refractivity contribution >= 4 is 5.97 Å². The molecule has 2 atom stereocenters. The molecule has 0 aromatic carbocycles. The number of hydrogen-bond acceptors (Lipinski definition) is 4. The second-order valence-corrected chi connectivity index (χ2v) is 4.14. The van der Waals surface area contributed by atoms with E-state index in [0.717, 1.165) is 25.8 Å². The normalized spacial score (nSPS) is 26.3. The van der Waals surface area contributed by atoms with Crippen LogP contribution < -0.4 is 5.32 Å². The number of ether oxygens (including phenoxy) is 1. The van der Waals surface area contributed by atoms with Crippen LogP contribution in [0.5, 0.6) is 0 Å². The van der Waals surface area contributed by atoms with Gasteiger partial charge >= 0.3 is 5.97 Å². The van der Waals surface area contributed by atoms with E-state index in [-0.39, 0.29) is 12.1 Å². The maximum absolute atomic E-state index is 10.8. The van der Waals surface area contributed by atoms with E-state index in [1.807, 2.05) is 0 Å². The molecular formula is C11H21NO3. The molecule has 1 aliphatic carbocycles. The number of aliphatic hydroxyl groups is 1. The molecule has 15 heavy (non-hydrogen) atoms. The Labute approximate surface area is 91.0 Å². The smallest absolute Gasteiger partial charge is 0.306 e. The lowest BCUT2D eigenvalue weighted by Gasteiger charge is -2.27. The second kappa shape index (κ2) is 6.80. The first-order valence-electron chi connectivity index (χ1n) is 5.69. The zero-order valence-corrected chi connectivity index (χ0v) is 9.37. The summed E-state index contributed by atoms with van der Waals surface area (Å²) in [6.45, 7) is 1.44. The van der Waals surface area contributed by atoms with E-state index < -0.39 is 0 Å². The highest BCUT2D eigenvalue weighted by atomic mass is 16.5. The van der Waals surface area contributed by atoms with Crippen molar-refractivity contribution in [1.82, 2.24) is 5.32 Å². The molecule has 0 radical (unpaired) electrons. The fourth-order valence-electron chi connectivity index (χ4n) is 2.01. The SMILES string of the molecule is COC(=O)CCNCC1CCCCC1O. The lowest BCUT2D eigenvalue weighted by atomic mass is 9.86. The third-order valence-corrected chi connectivity index (χ3v) is 3.01. The zero-order valence-electron chi connectivity index (χ0n) is 9.37. The van der Waals surface area contributed by atoms with Crippen LogP contribution in [0, 0.1) is 5.92 Å². The zero-order chi connectivity index (χ0) is 11.1. The molecule has 0 heterocycles. The molecule has 0 spiro atoms. The fraction of sp³-hybridized carbons (Fsp3) is 0.909. The van der Waals surface area contributed by atoms with E-state index in [2.05, 4.69) is 10.1 Å². The average molecular weight is 215 g/mol. The van der Waals surface area contributed by atoms with E-state index in [9.17, 15) is 9.90 Å². The Balaban J connectivity index is 2.06. The Kier molecular flexibility index (Phi) is 5.65. The molecule has 0 saturated heterocycles. The van der Waals surface area contributed by atoms with Gasteiger partial charge in [-0.2, -0.15) is 0 Å². The highest BCUT2D eigenvalue weighted by Crippen LogP contribution is 2.23. The lowest BCUT2D eigenvalue weighted by Crippen LogP contribution is -2.34. The van der Waals surface area contributed by atoms with E-state index in [4.69, 9.17) is 0 Å². The van der Waals surface area contributed by atoms with E-state index in [1.165, 1.54) is 13.5 Å². The lowest BCUT2D eigenvalue weighted by molar-refractivity contribution is -0.140. The van der Waals surface area contributed by atoms with Crippen LogP contribution >= 0.6 is 0 Å². The van der Waals surface area contributed by atoms with Gasteiger partial charge in [0.2, 0.25) is 0 Å². The van der Waals surface area contributed by atoms with E-state index in [0.29, 0.717) is 18.9 Å². The van der Waals surface area contributed by atoms with E-state index >= 15 is 0 Å². The first-order valence-corrected chi connectivity index (χ1v) is 5.69. The maximum Gasteiger partial charge on any atom is 0.306 e. The Bertz CT molecular complexity index is 196. The van der Waals surface area contributed by atoms with Crippen molar-refractivity contribution in [2.24, 2.45) is 5.92 Å². The second-order valence-electron chi connectivity index (χ2n) is 4.14. The van der Waals surface area contributed by atoms with Crippen LogP contribution in [0.4, 0.5) is 0 Å². The summed E-state index contributed by atoms with van der Waals surface area (Å²) in [6.07, 6.45) is 4.60. The van der Waals surface area contributed by atoms with Crippen LogP contribution in [0.3, 0.4) is 0 Å². The van der Waals surface area contributed by atoms with Crippen molar-refractivity contribution in [2.75, 3.05) is 20.2 Å². The first kappa shape index (κ1) is 12.5. The largest absolute Gasteiger partial charge is 0.469 e. The predicted octanol–water partition coefficient (Wildman–Crippen LogP) is 0.690. The number of nitrogens with one attached hydrogen (secondary N) is 1. The van der Waals surface area contributed by atoms with Crippen molar-refractivity contribution in [2.45, 2.75) is 38.2 Å². The molecule has 0 amide bonds. The predicted molar refractivity (Wildman–Crippen MR) is 57.5 cm³/mol. The number of methoxy groups -OCH3 is 1. The van der Waals surface area contributed by atoms with Crippen molar-refractivity contribution < 1.29 is 14.6 Å². The Morgan fingerprint density at radius 1 is 1.47 bits per heavy atom. The Morgan fingerprint density at radius 2 is 2.20 bits per heavy atom. The molecule has 1 aliphatic rings. The summed E-state index contributed by atoms with van der Waals surface area (Å²) in [7, 11) is 1.40. The molecule has 0 bridgehead atoms. The standard InChI is InChI=1S/C11H21NO3/c1-15-11(14)6-7-12-8-9-4-2-3-5-10(9)13/h9-10,12-13H,2-8H2,1H3. The minimum Gasteiger partial charge on any atom is -0.469 e. The molecular weight excluding hydrogens is 194 g/mol. The number of carbonyl (C=O) groups excluding carboxylic acids is 1. The summed E-state index contributed by atoms with van der Waals surface area (Å²) in [5.41, 5.74) is 0. The number of aliphatic hydroxyl groups excluding tert-OH is 1. The molecule has 4 heteroatoms. The average Bonchev–Trinajstić information content (AvgIpc) is 2.26. The number of hydrogen-bond donors (Lipinski definition) is 2. The molecule has 88 valence electrons. The quantitative estimate of drug-likeness (QED) is 0.523. The summed E-state index contributed by atoms with van der Waals surface area (Å²) >= 11 is 0. The highest BCUT2D eigenvalue weighted by molar-refractivity contribution is 5.69. The van der Waals surface area contributed by atoms with Gasteiger partial charge in [-0.1, -0.05) is 12.8 Å². The molecule has 0 aliphatic heterocycles. The van der Waals surface area contributed by atoms with Crippen LogP contribution in [-0.4, -0.2) is 37.4 Å². The Morgan fingerprint density at radius 3 is 2.87 bits per heavy atom. The monoisotopic (exact) mass is 215 g/mol. The van der Waals surface area contributed by atoms with Crippen LogP contribution in [-0.2, 0) is 9.53 Å². The fourth-order valence-corrected chi connectivity index (χ4v) is 2.01. The van der Waals surface area contributed by atoms with Crippen LogP contribution in [0.1, 0.15) is 32.1 Å². The van der Waals surface area contributed by atoms with Gasteiger partial charge < -0.3 is 15.2 Å². The van der Waals surface area contributed by atoms with Gasteiger partial charge in [0.05, 0.1) is 19.6 Å². The third-order valence-electron chi connectivity index (χ3n) is 3.01. The summed E-state index contributed by atoms with van der Waals surface area (Å²) < 4.78 is 4.54. The molecule has 2 unspecified atom stereocenters. The molecule has 1 fully saturated rings.